The molecule has 0 aromatic rings. The summed E-state index contributed by atoms with van der Waals surface area (Å²) < 4.78 is 16.4. The van der Waals surface area contributed by atoms with Gasteiger partial charge in [-0.15, -0.1) is 0 Å². The molecule has 15 heavy (non-hydrogen) atoms. The van der Waals surface area contributed by atoms with Gasteiger partial charge in [0.15, 0.2) is 12.1 Å². The van der Waals surface area contributed by atoms with Crippen LogP contribution in [0.5, 0.6) is 0 Å². The van der Waals surface area contributed by atoms with Crippen molar-refractivity contribution in [2.45, 2.75) is 44.2 Å². The molecule has 0 saturated carbocycles. The number of fused-ring (bicyclic) bond motifs is 1. The van der Waals surface area contributed by atoms with Gasteiger partial charge in [0.2, 0.25) is 0 Å². The maximum Gasteiger partial charge on any atom is 0.188 e. The van der Waals surface area contributed by atoms with Gasteiger partial charge in [-0.3, -0.25) is 0 Å². The Kier molecular flexibility index (Phi) is 2.57. The second-order valence-electron chi connectivity index (χ2n) is 4.02. The van der Waals surface area contributed by atoms with Crippen molar-refractivity contribution in [1.82, 2.24) is 0 Å². The summed E-state index contributed by atoms with van der Waals surface area (Å²) in [5.74, 6) is -0.737. The van der Waals surface area contributed by atoms with Crippen LogP contribution in [0.2, 0.25) is 0 Å². The molecule has 0 radical (unpaired) electrons. The lowest BCUT2D eigenvalue weighted by molar-refractivity contribution is -0.209. The van der Waals surface area contributed by atoms with Crippen LogP contribution in [0.4, 0.5) is 0 Å². The van der Waals surface area contributed by atoms with Gasteiger partial charge in [-0.2, -0.15) is 0 Å². The maximum absolute atomic E-state index is 9.03. The quantitative estimate of drug-likeness (QED) is 0.413. The Hall–Kier alpha value is -0.850. The number of hydrogen-bond donors (Lipinski definition) is 1. The van der Waals surface area contributed by atoms with E-state index in [1.807, 2.05) is 0 Å². The number of ether oxygens (including phenoxy) is 3. The highest BCUT2D eigenvalue weighted by Crippen LogP contribution is 2.38. The molecule has 0 bridgehead atoms. The third-order valence-corrected chi connectivity index (χ3v) is 2.48. The van der Waals surface area contributed by atoms with Crippen LogP contribution in [0.3, 0.4) is 0 Å². The zero-order valence-electron chi connectivity index (χ0n) is 8.53. The number of hydrogen-bond acceptors (Lipinski definition) is 5. The van der Waals surface area contributed by atoms with Crippen LogP contribution in [0.25, 0.3) is 10.4 Å². The van der Waals surface area contributed by atoms with E-state index in [2.05, 4.69) is 10.0 Å². The second kappa shape index (κ2) is 3.62. The van der Waals surface area contributed by atoms with E-state index in [1.165, 1.54) is 0 Å². The van der Waals surface area contributed by atoms with Crippen LogP contribution >= 0.6 is 0 Å². The van der Waals surface area contributed by atoms with Crippen molar-refractivity contribution in [3.05, 3.63) is 10.4 Å². The standard InChI is InChI=1S/C8H13N3O4/c1-8(2)14-6-5(10-11-9)4(3-12)13-7(6)15-8/h4-7,12H,3H2,1-2H3/t4-,5+,6-,7?/m1/s1. The van der Waals surface area contributed by atoms with E-state index in [9.17, 15) is 0 Å². The van der Waals surface area contributed by atoms with E-state index in [4.69, 9.17) is 24.8 Å². The van der Waals surface area contributed by atoms with Crippen molar-refractivity contribution in [2.75, 3.05) is 6.61 Å². The molecule has 0 aromatic heterocycles. The molecule has 2 fully saturated rings. The fourth-order valence-corrected chi connectivity index (χ4v) is 1.91. The van der Waals surface area contributed by atoms with Gasteiger partial charge >= 0.3 is 0 Å². The lowest BCUT2D eigenvalue weighted by Gasteiger charge is -2.22. The van der Waals surface area contributed by atoms with E-state index >= 15 is 0 Å². The highest BCUT2D eigenvalue weighted by Gasteiger charge is 2.54. The second-order valence-corrected chi connectivity index (χ2v) is 4.02. The van der Waals surface area contributed by atoms with Gasteiger partial charge in [0.25, 0.3) is 0 Å². The van der Waals surface area contributed by atoms with Gasteiger partial charge in [-0.25, -0.2) is 0 Å². The lowest BCUT2D eigenvalue weighted by atomic mass is 10.1. The minimum atomic E-state index is -0.737. The highest BCUT2D eigenvalue weighted by atomic mass is 16.8. The Balaban J connectivity index is 2.17. The van der Waals surface area contributed by atoms with Gasteiger partial charge in [-0.1, -0.05) is 5.11 Å². The first-order chi connectivity index (χ1) is 7.07. The summed E-state index contributed by atoms with van der Waals surface area (Å²) in [7, 11) is 0. The van der Waals surface area contributed by atoms with Crippen LogP contribution < -0.4 is 0 Å². The molecule has 4 atom stereocenters. The third-order valence-electron chi connectivity index (χ3n) is 2.48. The van der Waals surface area contributed by atoms with E-state index in [-0.39, 0.29) is 6.61 Å². The SMILES string of the molecule is CC1(C)OC2O[C@H](CO)[C@H](N=[N+]=[N-])[C@H]2O1. The molecule has 2 aliphatic heterocycles. The van der Waals surface area contributed by atoms with Crippen LogP contribution in [0.1, 0.15) is 13.8 Å². The average molecular weight is 215 g/mol. The number of rotatable bonds is 2. The fourth-order valence-electron chi connectivity index (χ4n) is 1.91. The zero-order valence-corrected chi connectivity index (χ0v) is 8.53. The zero-order chi connectivity index (χ0) is 11.1. The predicted octanol–water partition coefficient (Wildman–Crippen LogP) is 0.534. The first-order valence-electron chi connectivity index (χ1n) is 4.73. The van der Waals surface area contributed by atoms with Crippen molar-refractivity contribution >= 4 is 0 Å². The van der Waals surface area contributed by atoms with E-state index < -0.39 is 30.3 Å². The van der Waals surface area contributed by atoms with Crippen LogP contribution in [-0.4, -0.2) is 42.0 Å². The molecule has 1 N–H and O–H groups in total. The van der Waals surface area contributed by atoms with Gasteiger partial charge in [-0.05, 0) is 19.4 Å². The average Bonchev–Trinajstić information content (AvgIpc) is 2.60. The summed E-state index contributed by atoms with van der Waals surface area (Å²) in [4.78, 5) is 2.72. The normalized spacial score (nSPS) is 42.3. The van der Waals surface area contributed by atoms with Gasteiger partial charge < -0.3 is 19.3 Å². The topological polar surface area (TPSA) is 96.7 Å². The third kappa shape index (κ3) is 1.80. The Bertz CT molecular complexity index is 302. The minimum absolute atomic E-state index is 0.218. The van der Waals surface area contributed by atoms with Gasteiger partial charge in [0.1, 0.15) is 6.10 Å². The van der Waals surface area contributed by atoms with Crippen molar-refractivity contribution in [3.8, 4) is 0 Å². The molecule has 0 aliphatic carbocycles. The Labute approximate surface area is 86.6 Å². The summed E-state index contributed by atoms with van der Waals surface area (Å²) in [6, 6.07) is -0.535. The lowest BCUT2D eigenvalue weighted by Crippen LogP contribution is -2.34. The van der Waals surface area contributed by atoms with Crippen LogP contribution in [-0.2, 0) is 14.2 Å². The summed E-state index contributed by atoms with van der Waals surface area (Å²) in [5.41, 5.74) is 8.41. The van der Waals surface area contributed by atoms with E-state index in [1.54, 1.807) is 13.8 Å². The summed E-state index contributed by atoms with van der Waals surface area (Å²) >= 11 is 0. The molecule has 2 aliphatic rings. The molecule has 2 heterocycles. The number of azide groups is 1. The van der Waals surface area contributed by atoms with E-state index in [0.717, 1.165) is 0 Å². The van der Waals surface area contributed by atoms with Crippen LogP contribution in [0, 0.1) is 0 Å². The monoisotopic (exact) mass is 215 g/mol. The molecule has 7 nitrogen and oxygen atoms in total. The fraction of sp³-hybridized carbons (Fsp3) is 1.00. The van der Waals surface area contributed by atoms with Crippen LogP contribution in [0.15, 0.2) is 5.11 Å². The molecule has 2 rings (SSSR count). The molecule has 0 spiro atoms. The summed E-state index contributed by atoms with van der Waals surface area (Å²) in [6.45, 7) is 3.30. The molecule has 0 amide bonds. The largest absolute Gasteiger partial charge is 0.394 e. The Morgan fingerprint density at radius 2 is 2.20 bits per heavy atom. The van der Waals surface area contributed by atoms with Crippen molar-refractivity contribution < 1.29 is 19.3 Å². The number of nitrogens with zero attached hydrogens (tertiary/aromatic N) is 3. The maximum atomic E-state index is 9.03. The Morgan fingerprint density at radius 1 is 1.47 bits per heavy atom. The molecule has 7 heteroatoms. The predicted molar refractivity (Wildman–Crippen MR) is 48.7 cm³/mol. The smallest absolute Gasteiger partial charge is 0.188 e. The van der Waals surface area contributed by atoms with Gasteiger partial charge in [0, 0.05) is 4.91 Å². The summed E-state index contributed by atoms with van der Waals surface area (Å²) in [6.07, 6.45) is -1.55. The van der Waals surface area contributed by atoms with Crippen molar-refractivity contribution in [3.63, 3.8) is 0 Å². The highest BCUT2D eigenvalue weighted by molar-refractivity contribution is 4.97. The first-order valence-corrected chi connectivity index (χ1v) is 4.73. The Morgan fingerprint density at radius 3 is 2.80 bits per heavy atom. The van der Waals surface area contributed by atoms with Crippen molar-refractivity contribution in [2.24, 2.45) is 5.11 Å². The number of aliphatic hydroxyl groups excluding tert-OH is 1. The minimum Gasteiger partial charge on any atom is -0.394 e. The summed E-state index contributed by atoms with van der Waals surface area (Å²) in [5, 5.41) is 12.6. The number of aliphatic hydroxyl groups is 1. The van der Waals surface area contributed by atoms with Crippen molar-refractivity contribution in [1.29, 1.82) is 0 Å². The molecule has 2 saturated heterocycles. The molecular weight excluding hydrogens is 202 g/mol. The first kappa shape index (κ1) is 10.7. The van der Waals surface area contributed by atoms with Gasteiger partial charge in [0.05, 0.1) is 18.8 Å². The molecule has 1 unspecified atom stereocenters. The molecule has 0 aromatic carbocycles. The molecular formula is C8H13N3O4. The van der Waals surface area contributed by atoms with E-state index in [0.29, 0.717) is 0 Å². The molecule has 84 valence electrons.